The molecule has 0 aliphatic heterocycles. The Morgan fingerprint density at radius 2 is 1.65 bits per heavy atom. The van der Waals surface area contributed by atoms with Crippen LogP contribution in [0.25, 0.3) is 0 Å². The van der Waals surface area contributed by atoms with Gasteiger partial charge in [0.1, 0.15) is 11.4 Å². The van der Waals surface area contributed by atoms with E-state index in [9.17, 15) is 9.59 Å². The van der Waals surface area contributed by atoms with Gasteiger partial charge in [-0.05, 0) is 54.8 Å². The van der Waals surface area contributed by atoms with Gasteiger partial charge in [0.2, 0.25) is 0 Å². The van der Waals surface area contributed by atoms with Crippen LogP contribution in [0.15, 0.2) is 9.59 Å². The lowest BCUT2D eigenvalue weighted by atomic mass is 10.0. The maximum Gasteiger partial charge on any atom is 0.253 e. The van der Waals surface area contributed by atoms with E-state index < -0.39 is 0 Å². The Bertz CT molecular complexity index is 508. The summed E-state index contributed by atoms with van der Waals surface area (Å²) in [5, 5.41) is 3.02. The van der Waals surface area contributed by atoms with Crippen molar-refractivity contribution in [2.75, 3.05) is 43.9 Å². The molecular formula is C15H27N3O2. The zero-order chi connectivity index (χ0) is 15.5. The van der Waals surface area contributed by atoms with Crippen molar-refractivity contribution in [1.82, 2.24) is 4.90 Å². The zero-order valence-corrected chi connectivity index (χ0v) is 13.5. The van der Waals surface area contributed by atoms with Crippen molar-refractivity contribution >= 4 is 11.4 Å². The molecule has 0 bridgehead atoms. The summed E-state index contributed by atoms with van der Waals surface area (Å²) >= 11 is 0. The Hall–Kier alpha value is -1.36. The maximum absolute atomic E-state index is 11.9. The normalized spacial score (nSPS) is 12.2. The lowest BCUT2D eigenvalue weighted by Crippen LogP contribution is -2.51. The highest BCUT2D eigenvalue weighted by Gasteiger charge is 2.31. The molecule has 0 fully saturated rings. The Kier molecular flexibility index (Phi) is 5.34. The van der Waals surface area contributed by atoms with Gasteiger partial charge in [0.05, 0.1) is 0 Å². The van der Waals surface area contributed by atoms with Crippen molar-refractivity contribution in [1.29, 1.82) is 0 Å². The van der Waals surface area contributed by atoms with Gasteiger partial charge in [0, 0.05) is 18.6 Å². The van der Waals surface area contributed by atoms with E-state index in [4.69, 9.17) is 0 Å². The quantitative estimate of drug-likeness (QED) is 0.763. The molecule has 5 heteroatoms. The third kappa shape index (κ3) is 3.60. The Labute approximate surface area is 121 Å². The second-order valence-corrected chi connectivity index (χ2v) is 6.39. The van der Waals surface area contributed by atoms with Crippen LogP contribution in [0, 0.1) is 0 Å². The maximum atomic E-state index is 11.9. The fraction of sp³-hybridized carbons (Fsp3) is 0.733. The van der Waals surface area contributed by atoms with Gasteiger partial charge in [-0.15, -0.1) is 0 Å². The summed E-state index contributed by atoms with van der Waals surface area (Å²) in [5.41, 5.74) is 0.114. The van der Waals surface area contributed by atoms with Gasteiger partial charge in [-0.3, -0.25) is 9.59 Å². The second-order valence-electron chi connectivity index (χ2n) is 6.39. The lowest BCUT2D eigenvalue weighted by Gasteiger charge is -2.39. The van der Waals surface area contributed by atoms with E-state index in [1.165, 1.54) is 0 Å². The first-order chi connectivity index (χ1) is 9.20. The van der Waals surface area contributed by atoms with Crippen molar-refractivity contribution in [3.8, 4) is 0 Å². The molecule has 0 unspecified atom stereocenters. The van der Waals surface area contributed by atoms with E-state index in [0.29, 0.717) is 17.9 Å². The van der Waals surface area contributed by atoms with Crippen LogP contribution in [-0.2, 0) is 0 Å². The Morgan fingerprint density at radius 3 is 2.10 bits per heavy atom. The molecule has 0 radical (unpaired) electrons. The molecule has 0 heterocycles. The molecule has 1 rings (SSSR count). The smallest absolute Gasteiger partial charge is 0.253 e. The Morgan fingerprint density at radius 1 is 1.05 bits per heavy atom. The summed E-state index contributed by atoms with van der Waals surface area (Å²) < 4.78 is 0. The highest BCUT2D eigenvalue weighted by molar-refractivity contribution is 5.76. The summed E-state index contributed by atoms with van der Waals surface area (Å²) in [4.78, 5) is 27.8. The fourth-order valence-electron chi connectivity index (χ4n) is 2.31. The van der Waals surface area contributed by atoms with E-state index in [1.54, 1.807) is 0 Å². The van der Waals surface area contributed by atoms with Gasteiger partial charge in [0.15, 0.2) is 0 Å². The first-order valence-corrected chi connectivity index (χ1v) is 7.19. The molecule has 0 spiro atoms. The molecule has 0 saturated carbocycles. The summed E-state index contributed by atoms with van der Waals surface area (Å²) in [5.74, 6) is 0. The molecule has 0 aromatic heterocycles. The summed E-state index contributed by atoms with van der Waals surface area (Å²) in [6.07, 6.45) is 0.953. The van der Waals surface area contributed by atoms with Crippen LogP contribution in [0.4, 0.5) is 11.4 Å². The van der Waals surface area contributed by atoms with Crippen molar-refractivity contribution in [2.45, 2.75) is 39.7 Å². The van der Waals surface area contributed by atoms with Crippen LogP contribution in [0.5, 0.6) is 0 Å². The molecule has 0 aliphatic rings. The predicted molar refractivity (Wildman–Crippen MR) is 85.8 cm³/mol. The van der Waals surface area contributed by atoms with Gasteiger partial charge in [-0.1, -0.05) is 0 Å². The minimum absolute atomic E-state index is 0.182. The molecule has 5 nitrogen and oxygen atoms in total. The van der Waals surface area contributed by atoms with Crippen LogP contribution in [0.3, 0.4) is 0 Å². The van der Waals surface area contributed by atoms with Crippen LogP contribution in [-0.4, -0.2) is 44.2 Å². The molecule has 0 aliphatic carbocycles. The molecule has 1 aromatic rings. The van der Waals surface area contributed by atoms with Gasteiger partial charge < -0.3 is 15.1 Å². The highest BCUT2D eigenvalue weighted by Crippen LogP contribution is 2.27. The minimum Gasteiger partial charge on any atom is -0.380 e. The van der Waals surface area contributed by atoms with Crippen LogP contribution >= 0.6 is 0 Å². The number of anilines is 2. The van der Waals surface area contributed by atoms with Gasteiger partial charge in [-0.25, -0.2) is 0 Å². The Balaban J connectivity index is 2.98. The molecule has 0 amide bonds. The summed E-state index contributed by atoms with van der Waals surface area (Å²) in [6, 6.07) is 0. The van der Waals surface area contributed by atoms with Crippen molar-refractivity contribution in [3.63, 3.8) is 0 Å². The van der Waals surface area contributed by atoms with Gasteiger partial charge in [-0.2, -0.15) is 0 Å². The van der Waals surface area contributed by atoms with E-state index in [0.717, 1.165) is 19.5 Å². The standard InChI is InChI=1S/C15H27N3O2/c1-7-16-11-12(14(20)13(11)19)18(15(2,3)4)10-8-9-17(5)6/h16H,7-10H2,1-6H3. The number of nitrogens with one attached hydrogen (secondary N) is 1. The van der Waals surface area contributed by atoms with Crippen LogP contribution in [0.1, 0.15) is 34.1 Å². The molecule has 1 aromatic carbocycles. The summed E-state index contributed by atoms with van der Waals surface area (Å²) in [6.45, 7) is 10.5. The van der Waals surface area contributed by atoms with E-state index in [2.05, 4.69) is 35.9 Å². The number of hydrogen-bond donors (Lipinski definition) is 1. The number of nitrogens with zero attached hydrogens (tertiary/aromatic N) is 2. The highest BCUT2D eigenvalue weighted by atomic mass is 16.2. The molecule has 20 heavy (non-hydrogen) atoms. The van der Waals surface area contributed by atoms with Crippen molar-refractivity contribution in [2.24, 2.45) is 0 Å². The van der Waals surface area contributed by atoms with Crippen molar-refractivity contribution in [3.05, 3.63) is 20.4 Å². The molecule has 1 N–H and O–H groups in total. The van der Waals surface area contributed by atoms with Crippen LogP contribution in [0.2, 0.25) is 0 Å². The molecule has 114 valence electrons. The number of hydrogen-bond acceptors (Lipinski definition) is 5. The monoisotopic (exact) mass is 281 g/mol. The first-order valence-electron chi connectivity index (χ1n) is 7.19. The third-order valence-corrected chi connectivity index (χ3v) is 3.31. The zero-order valence-electron chi connectivity index (χ0n) is 13.5. The average molecular weight is 281 g/mol. The molecule has 0 saturated heterocycles. The third-order valence-electron chi connectivity index (χ3n) is 3.31. The largest absolute Gasteiger partial charge is 0.380 e. The van der Waals surface area contributed by atoms with Gasteiger partial charge in [0.25, 0.3) is 10.9 Å². The first kappa shape index (κ1) is 16.7. The molecular weight excluding hydrogens is 254 g/mol. The van der Waals surface area contributed by atoms with Crippen molar-refractivity contribution < 1.29 is 0 Å². The topological polar surface area (TPSA) is 52.6 Å². The summed E-state index contributed by atoms with van der Waals surface area (Å²) in [7, 11) is 4.06. The SMILES string of the molecule is CCNc1c(N(CCCN(C)C)C(C)(C)C)c(=O)c1=O. The van der Waals surface area contributed by atoms with E-state index in [1.807, 2.05) is 21.0 Å². The predicted octanol–water partition coefficient (Wildman–Crippen LogP) is 1.27. The van der Waals surface area contributed by atoms with Gasteiger partial charge >= 0.3 is 0 Å². The van der Waals surface area contributed by atoms with E-state index >= 15 is 0 Å². The molecule has 0 atom stereocenters. The lowest BCUT2D eigenvalue weighted by molar-refractivity contribution is 0.388. The average Bonchev–Trinajstić information content (AvgIpc) is 2.34. The van der Waals surface area contributed by atoms with E-state index in [-0.39, 0.29) is 16.4 Å². The fourth-order valence-corrected chi connectivity index (χ4v) is 2.31. The number of rotatable bonds is 7. The second kappa shape index (κ2) is 6.39. The van der Waals surface area contributed by atoms with Crippen LogP contribution < -0.4 is 21.1 Å². The minimum atomic E-state index is -0.385.